The van der Waals surface area contributed by atoms with Crippen molar-refractivity contribution in [2.75, 3.05) is 18.9 Å². The molecule has 4 heteroatoms. The molecular weight excluding hydrogens is 374 g/mol. The molecule has 1 heterocycles. The lowest BCUT2D eigenvalue weighted by molar-refractivity contribution is 0.313. The van der Waals surface area contributed by atoms with E-state index in [2.05, 4.69) is 66.7 Å². The van der Waals surface area contributed by atoms with Crippen LogP contribution in [0.3, 0.4) is 0 Å². The van der Waals surface area contributed by atoms with Gasteiger partial charge < -0.3 is 10.2 Å². The van der Waals surface area contributed by atoms with Crippen LogP contribution < -0.4 is 5.32 Å². The van der Waals surface area contributed by atoms with Crippen molar-refractivity contribution in [2.24, 2.45) is 0 Å². The minimum absolute atomic E-state index is 0.707. The van der Waals surface area contributed by atoms with E-state index in [0.717, 1.165) is 31.0 Å². The molecule has 0 bridgehead atoms. The van der Waals surface area contributed by atoms with E-state index >= 15 is 0 Å². The van der Waals surface area contributed by atoms with Gasteiger partial charge in [0.15, 0.2) is 0 Å². The van der Waals surface area contributed by atoms with Crippen molar-refractivity contribution in [3.63, 3.8) is 0 Å². The molecule has 0 fully saturated rings. The standard InChI is InChI=1S/C25H25N3S/c1-18-6-11-22(14-25(18)29-17-20-9-7-19(15-26)8-10-20)27-24-5-3-4-21-16-28(2)13-12-23(21)24/h3-11,14,27H,12-13,16-17H2,1-2H3. The van der Waals surface area contributed by atoms with Gasteiger partial charge in [-0.25, -0.2) is 0 Å². The summed E-state index contributed by atoms with van der Waals surface area (Å²) in [6.45, 7) is 4.28. The summed E-state index contributed by atoms with van der Waals surface area (Å²) in [6, 6.07) is 23.2. The molecule has 3 aromatic rings. The molecule has 0 radical (unpaired) electrons. The van der Waals surface area contributed by atoms with Gasteiger partial charge in [0.05, 0.1) is 11.6 Å². The van der Waals surface area contributed by atoms with Crippen molar-refractivity contribution < 1.29 is 0 Å². The van der Waals surface area contributed by atoms with Crippen LogP contribution >= 0.6 is 11.8 Å². The zero-order valence-electron chi connectivity index (χ0n) is 16.9. The van der Waals surface area contributed by atoms with E-state index in [0.29, 0.717) is 5.56 Å². The lowest BCUT2D eigenvalue weighted by atomic mass is 9.98. The molecule has 0 saturated heterocycles. The number of hydrogen-bond donors (Lipinski definition) is 1. The predicted octanol–water partition coefficient (Wildman–Crippen LogP) is 5.89. The molecule has 29 heavy (non-hydrogen) atoms. The Balaban J connectivity index is 1.50. The van der Waals surface area contributed by atoms with Crippen molar-refractivity contribution in [1.82, 2.24) is 4.90 Å². The third-order valence-corrected chi connectivity index (χ3v) is 6.63. The second kappa shape index (κ2) is 8.73. The molecule has 3 nitrogen and oxygen atoms in total. The number of rotatable bonds is 5. The number of likely N-dealkylation sites (N-methyl/N-ethyl adjacent to an activating group) is 1. The monoisotopic (exact) mass is 399 g/mol. The predicted molar refractivity (Wildman–Crippen MR) is 122 cm³/mol. The largest absolute Gasteiger partial charge is 0.355 e. The zero-order valence-corrected chi connectivity index (χ0v) is 17.7. The Hall–Kier alpha value is -2.74. The fraction of sp³-hybridized carbons (Fsp3) is 0.240. The van der Waals surface area contributed by atoms with Crippen LogP contribution in [0.25, 0.3) is 0 Å². The van der Waals surface area contributed by atoms with Gasteiger partial charge in [-0.1, -0.05) is 30.3 Å². The van der Waals surface area contributed by atoms with Crippen molar-refractivity contribution >= 4 is 23.1 Å². The first kappa shape index (κ1) is 19.6. The average molecular weight is 400 g/mol. The van der Waals surface area contributed by atoms with Crippen LogP contribution in [0.2, 0.25) is 0 Å². The number of anilines is 2. The van der Waals surface area contributed by atoms with Gasteiger partial charge in [-0.05, 0) is 73.0 Å². The zero-order chi connectivity index (χ0) is 20.2. The molecule has 1 aliphatic heterocycles. The van der Waals surface area contributed by atoms with Gasteiger partial charge in [0, 0.05) is 35.1 Å². The Bertz CT molecular complexity index is 1050. The first-order valence-electron chi connectivity index (χ1n) is 9.91. The van der Waals surface area contributed by atoms with E-state index in [1.165, 1.54) is 32.8 Å². The van der Waals surface area contributed by atoms with Crippen molar-refractivity contribution in [3.8, 4) is 6.07 Å². The van der Waals surface area contributed by atoms with E-state index in [9.17, 15) is 0 Å². The highest BCUT2D eigenvalue weighted by molar-refractivity contribution is 7.98. The van der Waals surface area contributed by atoms with Gasteiger partial charge in [-0.2, -0.15) is 5.26 Å². The van der Waals surface area contributed by atoms with Gasteiger partial charge in [0.1, 0.15) is 0 Å². The molecule has 0 aliphatic carbocycles. The molecule has 1 aliphatic rings. The van der Waals surface area contributed by atoms with Crippen LogP contribution in [0.4, 0.5) is 11.4 Å². The molecule has 0 aromatic heterocycles. The van der Waals surface area contributed by atoms with Crippen LogP contribution in [0.15, 0.2) is 65.6 Å². The number of nitriles is 1. The Kier molecular flexibility index (Phi) is 5.89. The minimum Gasteiger partial charge on any atom is -0.355 e. The summed E-state index contributed by atoms with van der Waals surface area (Å²) < 4.78 is 0. The van der Waals surface area contributed by atoms with E-state index < -0.39 is 0 Å². The smallest absolute Gasteiger partial charge is 0.0991 e. The summed E-state index contributed by atoms with van der Waals surface area (Å²) in [6.07, 6.45) is 1.08. The van der Waals surface area contributed by atoms with Gasteiger partial charge in [-0.3, -0.25) is 0 Å². The number of fused-ring (bicyclic) bond motifs is 1. The first-order chi connectivity index (χ1) is 14.1. The third kappa shape index (κ3) is 4.64. The first-order valence-corrected chi connectivity index (χ1v) is 10.9. The second-order valence-corrected chi connectivity index (χ2v) is 8.65. The molecule has 0 spiro atoms. The van der Waals surface area contributed by atoms with E-state index in [1.54, 1.807) is 0 Å². The van der Waals surface area contributed by atoms with E-state index in [1.807, 2.05) is 36.0 Å². The highest BCUT2D eigenvalue weighted by Crippen LogP contribution is 2.32. The maximum absolute atomic E-state index is 8.95. The number of nitrogens with one attached hydrogen (secondary N) is 1. The van der Waals surface area contributed by atoms with Gasteiger partial charge in [0.25, 0.3) is 0 Å². The fourth-order valence-corrected chi connectivity index (χ4v) is 4.71. The van der Waals surface area contributed by atoms with E-state index in [4.69, 9.17) is 5.26 Å². The normalized spacial score (nSPS) is 13.6. The SMILES string of the molecule is Cc1ccc(Nc2cccc3c2CCN(C)C3)cc1SCc1ccc(C#N)cc1. The second-order valence-electron chi connectivity index (χ2n) is 7.63. The van der Waals surface area contributed by atoms with E-state index in [-0.39, 0.29) is 0 Å². The highest BCUT2D eigenvalue weighted by atomic mass is 32.2. The molecule has 1 N–H and O–H groups in total. The van der Waals surface area contributed by atoms with Crippen molar-refractivity contribution in [2.45, 2.75) is 30.5 Å². The molecule has 4 rings (SSSR count). The highest BCUT2D eigenvalue weighted by Gasteiger charge is 2.16. The van der Waals surface area contributed by atoms with Crippen LogP contribution in [-0.4, -0.2) is 18.5 Å². The van der Waals surface area contributed by atoms with Gasteiger partial charge >= 0.3 is 0 Å². The molecule has 3 aromatic carbocycles. The van der Waals surface area contributed by atoms with Crippen LogP contribution in [0, 0.1) is 18.3 Å². The average Bonchev–Trinajstić information content (AvgIpc) is 2.74. The Morgan fingerprint density at radius 1 is 1.10 bits per heavy atom. The molecule has 146 valence electrons. The number of hydrogen-bond acceptors (Lipinski definition) is 4. The number of aryl methyl sites for hydroxylation is 1. The van der Waals surface area contributed by atoms with Gasteiger partial charge in [0.2, 0.25) is 0 Å². The molecular formula is C25H25N3S. The van der Waals surface area contributed by atoms with Crippen LogP contribution in [-0.2, 0) is 18.7 Å². The minimum atomic E-state index is 0.707. The summed E-state index contributed by atoms with van der Waals surface area (Å²) in [5, 5.41) is 12.6. The molecule has 0 atom stereocenters. The van der Waals surface area contributed by atoms with Gasteiger partial charge in [-0.15, -0.1) is 11.8 Å². The quantitative estimate of drug-likeness (QED) is 0.543. The molecule has 0 amide bonds. The summed E-state index contributed by atoms with van der Waals surface area (Å²) in [4.78, 5) is 3.65. The van der Waals surface area contributed by atoms with Crippen molar-refractivity contribution in [3.05, 3.63) is 88.5 Å². The molecule has 0 saturated carbocycles. The number of thioether (sulfide) groups is 1. The molecule has 0 unspecified atom stereocenters. The summed E-state index contributed by atoms with van der Waals surface area (Å²) in [5.41, 5.74) is 8.44. The summed E-state index contributed by atoms with van der Waals surface area (Å²) in [5.74, 6) is 0.892. The maximum atomic E-state index is 8.95. The van der Waals surface area contributed by atoms with Crippen molar-refractivity contribution in [1.29, 1.82) is 5.26 Å². The number of nitrogens with zero attached hydrogens (tertiary/aromatic N) is 2. The summed E-state index contributed by atoms with van der Waals surface area (Å²) in [7, 11) is 2.18. The third-order valence-electron chi connectivity index (χ3n) is 5.40. The summed E-state index contributed by atoms with van der Waals surface area (Å²) >= 11 is 1.84. The Morgan fingerprint density at radius 2 is 1.93 bits per heavy atom. The lowest BCUT2D eigenvalue weighted by Gasteiger charge is -2.27. The maximum Gasteiger partial charge on any atom is 0.0991 e. The lowest BCUT2D eigenvalue weighted by Crippen LogP contribution is -2.26. The van der Waals surface area contributed by atoms with Crippen LogP contribution in [0.5, 0.6) is 0 Å². The fourth-order valence-electron chi connectivity index (χ4n) is 3.69. The number of benzene rings is 3. The topological polar surface area (TPSA) is 39.1 Å². The van der Waals surface area contributed by atoms with Crippen LogP contribution in [0.1, 0.15) is 27.8 Å². The Morgan fingerprint density at radius 3 is 2.72 bits per heavy atom. The Labute approximate surface area is 177 Å².